The highest BCUT2D eigenvalue weighted by Crippen LogP contribution is 2.50. The molecule has 0 radical (unpaired) electrons. The number of nitrogens with zero attached hydrogens (tertiary/aromatic N) is 3. The number of para-hydroxylation sites is 6. The van der Waals surface area contributed by atoms with Crippen LogP contribution in [-0.4, -0.2) is 13.7 Å². The van der Waals surface area contributed by atoms with Crippen LogP contribution < -0.4 is 0 Å². The van der Waals surface area contributed by atoms with Crippen LogP contribution in [0.3, 0.4) is 0 Å². The van der Waals surface area contributed by atoms with Crippen molar-refractivity contribution in [1.29, 1.82) is 0 Å². The molecule has 3 nitrogen and oxygen atoms in total. The fourth-order valence-electron chi connectivity index (χ4n) is 7.69. The number of hydrogen-bond donors (Lipinski definition) is 0. The molecule has 3 heteroatoms. The Morgan fingerprint density at radius 3 is 0.956 bits per heavy atom. The first kappa shape index (κ1) is 24.4. The molecule has 3 heterocycles. The summed E-state index contributed by atoms with van der Waals surface area (Å²) in [4.78, 5) is 0. The Bertz CT molecular complexity index is 2730. The van der Waals surface area contributed by atoms with Crippen LogP contribution in [0.5, 0.6) is 0 Å². The van der Waals surface area contributed by atoms with E-state index in [1.54, 1.807) is 0 Å². The zero-order chi connectivity index (χ0) is 29.5. The highest BCUT2D eigenvalue weighted by molar-refractivity contribution is 6.40. The topological polar surface area (TPSA) is 14.8 Å². The fraction of sp³-hybridized carbons (Fsp3) is 0. The third-order valence-electron chi connectivity index (χ3n) is 9.38. The minimum absolute atomic E-state index is 1.15. The average molecular weight is 574 g/mol. The maximum Gasteiger partial charge on any atom is 0.0810 e. The molecule has 3 aromatic heterocycles. The van der Waals surface area contributed by atoms with Gasteiger partial charge in [0, 0.05) is 49.4 Å². The van der Waals surface area contributed by atoms with Crippen molar-refractivity contribution in [2.45, 2.75) is 0 Å². The van der Waals surface area contributed by atoms with Crippen LogP contribution in [0.25, 0.3) is 82.5 Å². The van der Waals surface area contributed by atoms with Gasteiger partial charge >= 0.3 is 0 Å². The highest BCUT2D eigenvalue weighted by Gasteiger charge is 2.28. The van der Waals surface area contributed by atoms with Gasteiger partial charge in [-0.2, -0.15) is 0 Å². The first-order valence-corrected chi connectivity index (χ1v) is 15.5. The molecular weight excluding hydrogens is 546 g/mol. The predicted octanol–water partition coefficient (Wildman–Crippen LogP) is 11.0. The van der Waals surface area contributed by atoms with Gasteiger partial charge in [-0.25, -0.2) is 0 Å². The van der Waals surface area contributed by atoms with Gasteiger partial charge < -0.3 is 13.7 Å². The van der Waals surface area contributed by atoms with Crippen LogP contribution in [0.2, 0.25) is 0 Å². The van der Waals surface area contributed by atoms with Gasteiger partial charge in [0.2, 0.25) is 0 Å². The Kier molecular flexibility index (Phi) is 5.00. The van der Waals surface area contributed by atoms with Crippen LogP contribution in [-0.2, 0) is 0 Å². The lowest BCUT2D eigenvalue weighted by atomic mass is 10.0. The Morgan fingerprint density at radius 1 is 0.244 bits per heavy atom. The van der Waals surface area contributed by atoms with Crippen molar-refractivity contribution in [3.05, 3.63) is 164 Å². The van der Waals surface area contributed by atoms with E-state index >= 15 is 0 Å². The normalized spacial score (nSPS) is 12.0. The summed E-state index contributed by atoms with van der Waals surface area (Å²) >= 11 is 0. The molecular formula is C42H27N3. The molecule has 0 bridgehead atoms. The maximum absolute atomic E-state index is 2.49. The molecule has 10 rings (SSSR count). The van der Waals surface area contributed by atoms with E-state index in [2.05, 4.69) is 177 Å². The van der Waals surface area contributed by atoms with Crippen LogP contribution >= 0.6 is 0 Å². The first-order chi connectivity index (χ1) is 22.4. The molecule has 0 aliphatic carbocycles. The molecule has 45 heavy (non-hydrogen) atoms. The third-order valence-corrected chi connectivity index (χ3v) is 9.38. The van der Waals surface area contributed by atoms with Crippen molar-refractivity contribution in [1.82, 2.24) is 13.7 Å². The first-order valence-electron chi connectivity index (χ1n) is 15.5. The smallest absolute Gasteiger partial charge is 0.0810 e. The molecule has 0 fully saturated rings. The quantitative estimate of drug-likeness (QED) is 0.200. The molecule has 7 aromatic carbocycles. The standard InChI is InChI=1S/C42H27N3/c1-4-16-28(17-5-1)43-34-25-13-10-22-31(34)37-38-32-23-11-14-26-35(32)44(29-18-6-2-7-19-29)41(38)42-39(40(37)43)33-24-12-15-27-36(33)45(42)30-20-8-3-9-21-30/h1-27H. The number of benzene rings is 7. The van der Waals surface area contributed by atoms with Gasteiger partial charge in [-0.3, -0.25) is 0 Å². The zero-order valence-electron chi connectivity index (χ0n) is 24.4. The summed E-state index contributed by atoms with van der Waals surface area (Å²) < 4.78 is 7.46. The minimum atomic E-state index is 1.15. The summed E-state index contributed by atoms with van der Waals surface area (Å²) in [5, 5.41) is 7.59. The largest absolute Gasteiger partial charge is 0.309 e. The van der Waals surface area contributed by atoms with E-state index in [-0.39, 0.29) is 0 Å². The lowest BCUT2D eigenvalue weighted by molar-refractivity contribution is 1.15. The van der Waals surface area contributed by atoms with E-state index < -0.39 is 0 Å². The predicted molar refractivity (Wildman–Crippen MR) is 189 cm³/mol. The average Bonchev–Trinajstić information content (AvgIpc) is 3.75. The van der Waals surface area contributed by atoms with Crippen molar-refractivity contribution in [2.24, 2.45) is 0 Å². The van der Waals surface area contributed by atoms with Crippen molar-refractivity contribution in [2.75, 3.05) is 0 Å². The summed E-state index contributed by atoms with van der Waals surface area (Å²) in [6.45, 7) is 0. The zero-order valence-corrected chi connectivity index (χ0v) is 24.4. The van der Waals surface area contributed by atoms with Gasteiger partial charge in [0.25, 0.3) is 0 Å². The van der Waals surface area contributed by atoms with Gasteiger partial charge in [-0.1, -0.05) is 109 Å². The van der Waals surface area contributed by atoms with Crippen LogP contribution in [0, 0.1) is 0 Å². The number of rotatable bonds is 3. The Hall–Kier alpha value is -6.06. The van der Waals surface area contributed by atoms with Crippen molar-refractivity contribution >= 4 is 65.4 Å². The third kappa shape index (κ3) is 3.24. The van der Waals surface area contributed by atoms with Crippen LogP contribution in [0.15, 0.2) is 164 Å². The monoisotopic (exact) mass is 573 g/mol. The van der Waals surface area contributed by atoms with Crippen LogP contribution in [0.4, 0.5) is 0 Å². The van der Waals surface area contributed by atoms with Crippen LogP contribution in [0.1, 0.15) is 0 Å². The van der Waals surface area contributed by atoms with Gasteiger partial charge in [0.15, 0.2) is 0 Å². The molecule has 0 aliphatic heterocycles. The molecule has 0 saturated carbocycles. The van der Waals surface area contributed by atoms with E-state index in [9.17, 15) is 0 Å². The molecule has 0 saturated heterocycles. The summed E-state index contributed by atoms with van der Waals surface area (Å²) in [7, 11) is 0. The van der Waals surface area contributed by atoms with E-state index in [0.717, 1.165) is 17.1 Å². The summed E-state index contributed by atoms with van der Waals surface area (Å²) in [5.41, 5.74) is 10.7. The Labute approximate surface area is 259 Å². The fourth-order valence-corrected chi connectivity index (χ4v) is 7.69. The Balaban J connectivity index is 1.63. The molecule has 0 atom stereocenters. The summed E-state index contributed by atoms with van der Waals surface area (Å²) in [6.07, 6.45) is 0. The van der Waals surface area contributed by atoms with Gasteiger partial charge in [-0.15, -0.1) is 0 Å². The van der Waals surface area contributed by atoms with Crippen molar-refractivity contribution < 1.29 is 0 Å². The number of fused-ring (bicyclic) bond motifs is 12. The van der Waals surface area contributed by atoms with Gasteiger partial charge in [0.1, 0.15) is 0 Å². The van der Waals surface area contributed by atoms with E-state index in [1.807, 2.05) is 0 Å². The molecule has 0 amide bonds. The summed E-state index contributed by atoms with van der Waals surface area (Å²) in [6, 6.07) is 59.2. The second-order valence-electron chi connectivity index (χ2n) is 11.7. The summed E-state index contributed by atoms with van der Waals surface area (Å²) in [5.74, 6) is 0. The lowest BCUT2D eigenvalue weighted by Crippen LogP contribution is -1.99. The Morgan fingerprint density at radius 2 is 0.533 bits per heavy atom. The van der Waals surface area contributed by atoms with Crippen molar-refractivity contribution in [3.63, 3.8) is 0 Å². The minimum Gasteiger partial charge on any atom is -0.309 e. The number of hydrogen-bond acceptors (Lipinski definition) is 0. The second-order valence-corrected chi connectivity index (χ2v) is 11.7. The van der Waals surface area contributed by atoms with E-state index in [0.29, 0.717) is 0 Å². The second kappa shape index (κ2) is 9.22. The van der Waals surface area contributed by atoms with Crippen molar-refractivity contribution in [3.8, 4) is 17.1 Å². The highest BCUT2D eigenvalue weighted by atomic mass is 15.1. The molecule has 0 N–H and O–H groups in total. The molecule has 0 unspecified atom stereocenters. The molecule has 210 valence electrons. The molecule has 0 aliphatic rings. The molecule has 0 spiro atoms. The molecule has 10 aromatic rings. The van der Waals surface area contributed by atoms with E-state index in [4.69, 9.17) is 0 Å². The van der Waals surface area contributed by atoms with E-state index in [1.165, 1.54) is 65.4 Å². The SMILES string of the molecule is c1ccc(-n2c3ccccc3c3c4c5ccccc5n(-c5ccccc5)c4c4c(c5ccccc5n4-c4ccccc4)c32)cc1. The lowest BCUT2D eigenvalue weighted by Gasteiger charge is -2.14. The number of aromatic nitrogens is 3. The van der Waals surface area contributed by atoms with Gasteiger partial charge in [-0.05, 0) is 54.6 Å². The van der Waals surface area contributed by atoms with Gasteiger partial charge in [0.05, 0.1) is 33.1 Å². The maximum atomic E-state index is 2.49.